The molecule has 1 aromatic heterocycles. The quantitative estimate of drug-likeness (QED) is 0.550. The Balaban J connectivity index is 0.000000371. The molecule has 2 nitrogen and oxygen atoms in total. The van der Waals surface area contributed by atoms with Gasteiger partial charge in [0.15, 0.2) is 0 Å². The first-order valence-corrected chi connectivity index (χ1v) is 2.92. The number of alkyl halides is 1. The molecule has 0 N–H and O–H groups in total. The molecule has 1 rings (SSSR count). The summed E-state index contributed by atoms with van der Waals surface area (Å²) in [5, 5.41) is 7.39. The van der Waals surface area contributed by atoms with Crippen LogP contribution in [0, 0.1) is 13.8 Å². The van der Waals surface area contributed by atoms with E-state index in [0.29, 0.717) is 7.18 Å². The second-order valence-corrected chi connectivity index (χ2v) is 1.86. The molecule has 0 bridgehead atoms. The number of hydrogen-bond acceptors (Lipinski definition) is 2. The lowest BCUT2D eigenvalue weighted by molar-refractivity contribution is 0.636. The van der Waals surface area contributed by atoms with Crippen LogP contribution in [0.3, 0.4) is 0 Å². The van der Waals surface area contributed by atoms with E-state index in [1.807, 2.05) is 13.8 Å². The van der Waals surface area contributed by atoms with E-state index in [-0.39, 0.29) is 0 Å². The predicted molar refractivity (Wildman–Crippen MR) is 38.5 cm³/mol. The number of aromatic nitrogens is 2. The molecule has 1 aromatic rings. The maximum absolute atomic E-state index is 9.50. The lowest BCUT2D eigenvalue weighted by atomic mass is 10.2. The summed E-state index contributed by atoms with van der Waals surface area (Å²) >= 11 is 0. The molecule has 0 fully saturated rings. The Hall–Kier alpha value is -0.990. The van der Waals surface area contributed by atoms with Crippen LogP contribution < -0.4 is 0 Å². The van der Waals surface area contributed by atoms with Crippen molar-refractivity contribution >= 4 is 0 Å². The molecular weight excluding hydrogens is 131 g/mol. The molecule has 56 valence electrons. The Kier molecular flexibility index (Phi) is 4.37. The number of halogens is 1. The highest BCUT2D eigenvalue weighted by Crippen LogP contribution is 1.98. The molecule has 1 heterocycles. The number of aryl methyl sites for hydroxylation is 2. The van der Waals surface area contributed by atoms with Crippen molar-refractivity contribution in [2.24, 2.45) is 0 Å². The highest BCUT2D eigenvalue weighted by atomic mass is 19.1. The van der Waals surface area contributed by atoms with Crippen LogP contribution in [0.25, 0.3) is 0 Å². The van der Waals surface area contributed by atoms with Gasteiger partial charge in [-0.1, -0.05) is 0 Å². The van der Waals surface area contributed by atoms with Crippen molar-refractivity contribution in [1.82, 2.24) is 10.2 Å². The fourth-order valence-electron chi connectivity index (χ4n) is 0.444. The SMILES string of the molecule is CF.Cc1cnncc1C. The highest BCUT2D eigenvalue weighted by molar-refractivity contribution is 5.15. The van der Waals surface area contributed by atoms with Gasteiger partial charge >= 0.3 is 0 Å². The Morgan fingerprint density at radius 2 is 1.30 bits per heavy atom. The van der Waals surface area contributed by atoms with Crippen molar-refractivity contribution in [3.05, 3.63) is 23.5 Å². The second-order valence-electron chi connectivity index (χ2n) is 1.86. The van der Waals surface area contributed by atoms with Gasteiger partial charge in [-0.25, -0.2) is 0 Å². The topological polar surface area (TPSA) is 25.8 Å². The number of hydrogen-bond donors (Lipinski definition) is 0. The van der Waals surface area contributed by atoms with E-state index in [9.17, 15) is 4.39 Å². The van der Waals surface area contributed by atoms with Gasteiger partial charge in [0.1, 0.15) is 0 Å². The lowest BCUT2D eigenvalue weighted by Crippen LogP contribution is -1.84. The molecule has 0 saturated heterocycles. The van der Waals surface area contributed by atoms with E-state index in [1.165, 1.54) is 11.1 Å². The minimum absolute atomic E-state index is 0.500. The normalized spacial score (nSPS) is 8.00. The summed E-state index contributed by atoms with van der Waals surface area (Å²) in [6.07, 6.45) is 3.52. The average molecular weight is 142 g/mol. The van der Waals surface area contributed by atoms with Gasteiger partial charge < -0.3 is 0 Å². The monoisotopic (exact) mass is 142 g/mol. The van der Waals surface area contributed by atoms with Gasteiger partial charge in [-0.3, -0.25) is 4.39 Å². The number of nitrogens with zero attached hydrogens (tertiary/aromatic N) is 2. The maximum Gasteiger partial charge on any atom is 0.0785 e. The first kappa shape index (κ1) is 9.01. The highest BCUT2D eigenvalue weighted by Gasteiger charge is 1.86. The Morgan fingerprint density at radius 3 is 1.50 bits per heavy atom. The van der Waals surface area contributed by atoms with Crippen molar-refractivity contribution in [3.63, 3.8) is 0 Å². The molecular formula is C7H11FN2. The summed E-state index contributed by atoms with van der Waals surface area (Å²) in [5.41, 5.74) is 2.39. The van der Waals surface area contributed by atoms with Crippen LogP contribution in [-0.2, 0) is 0 Å². The molecule has 10 heavy (non-hydrogen) atoms. The van der Waals surface area contributed by atoms with E-state index >= 15 is 0 Å². The summed E-state index contributed by atoms with van der Waals surface area (Å²) < 4.78 is 9.50. The molecule has 3 heteroatoms. The zero-order valence-electron chi connectivity index (χ0n) is 6.43. The minimum Gasteiger partial charge on any atom is -0.255 e. The van der Waals surface area contributed by atoms with E-state index in [4.69, 9.17) is 0 Å². The van der Waals surface area contributed by atoms with Crippen molar-refractivity contribution < 1.29 is 4.39 Å². The zero-order valence-corrected chi connectivity index (χ0v) is 6.43. The molecule has 0 radical (unpaired) electrons. The van der Waals surface area contributed by atoms with Crippen LogP contribution in [0.15, 0.2) is 12.4 Å². The third-order valence-electron chi connectivity index (χ3n) is 1.19. The van der Waals surface area contributed by atoms with E-state index in [0.717, 1.165) is 0 Å². The van der Waals surface area contributed by atoms with Crippen molar-refractivity contribution in [1.29, 1.82) is 0 Å². The average Bonchev–Trinajstić information content (AvgIpc) is 2.00. The standard InChI is InChI=1S/C6H8N2.CH3F/c1-5-3-7-8-4-6(5)2;1-2/h3-4H,1-2H3;1H3. The van der Waals surface area contributed by atoms with Crippen LogP contribution in [0.4, 0.5) is 4.39 Å². The summed E-state index contributed by atoms with van der Waals surface area (Å²) in [6, 6.07) is 0. The van der Waals surface area contributed by atoms with Crippen LogP contribution >= 0.6 is 0 Å². The van der Waals surface area contributed by atoms with E-state index < -0.39 is 0 Å². The Bertz CT molecular complexity index is 168. The van der Waals surface area contributed by atoms with Crippen molar-refractivity contribution in [2.75, 3.05) is 7.18 Å². The van der Waals surface area contributed by atoms with Gasteiger partial charge in [-0.05, 0) is 25.0 Å². The van der Waals surface area contributed by atoms with Crippen LogP contribution in [-0.4, -0.2) is 17.4 Å². The first-order chi connectivity index (χ1) is 4.80. The Labute approximate surface area is 60.1 Å². The molecule has 0 aliphatic rings. The molecule has 0 saturated carbocycles. The van der Waals surface area contributed by atoms with Gasteiger partial charge in [0.05, 0.1) is 19.6 Å². The molecule has 0 amide bonds. The fraction of sp³-hybridized carbons (Fsp3) is 0.429. The summed E-state index contributed by atoms with van der Waals surface area (Å²) in [5.74, 6) is 0. The molecule has 0 aromatic carbocycles. The maximum atomic E-state index is 9.50. The minimum atomic E-state index is 0.500. The van der Waals surface area contributed by atoms with Gasteiger partial charge in [0.25, 0.3) is 0 Å². The van der Waals surface area contributed by atoms with Crippen molar-refractivity contribution in [3.8, 4) is 0 Å². The Morgan fingerprint density at radius 1 is 1.00 bits per heavy atom. The fourth-order valence-corrected chi connectivity index (χ4v) is 0.444. The van der Waals surface area contributed by atoms with Gasteiger partial charge in [-0.2, -0.15) is 10.2 Å². The van der Waals surface area contributed by atoms with Crippen LogP contribution in [0.2, 0.25) is 0 Å². The van der Waals surface area contributed by atoms with E-state index in [2.05, 4.69) is 10.2 Å². The molecule has 0 spiro atoms. The van der Waals surface area contributed by atoms with Crippen molar-refractivity contribution in [2.45, 2.75) is 13.8 Å². The van der Waals surface area contributed by atoms with Crippen LogP contribution in [0.1, 0.15) is 11.1 Å². The van der Waals surface area contributed by atoms with E-state index in [1.54, 1.807) is 12.4 Å². The summed E-state index contributed by atoms with van der Waals surface area (Å²) in [6.45, 7) is 4.04. The largest absolute Gasteiger partial charge is 0.255 e. The van der Waals surface area contributed by atoms with Gasteiger partial charge in [-0.15, -0.1) is 0 Å². The molecule has 0 atom stereocenters. The second kappa shape index (κ2) is 4.85. The third kappa shape index (κ3) is 2.53. The zero-order chi connectivity index (χ0) is 7.98. The summed E-state index contributed by atoms with van der Waals surface area (Å²) in [4.78, 5) is 0. The lowest BCUT2D eigenvalue weighted by Gasteiger charge is -1.91. The smallest absolute Gasteiger partial charge is 0.0785 e. The first-order valence-electron chi connectivity index (χ1n) is 2.92. The molecule has 0 unspecified atom stereocenters. The van der Waals surface area contributed by atoms with Gasteiger partial charge in [0, 0.05) is 0 Å². The third-order valence-corrected chi connectivity index (χ3v) is 1.19. The van der Waals surface area contributed by atoms with Gasteiger partial charge in [0.2, 0.25) is 0 Å². The molecule has 0 aliphatic heterocycles. The van der Waals surface area contributed by atoms with Crippen LogP contribution in [0.5, 0.6) is 0 Å². The summed E-state index contributed by atoms with van der Waals surface area (Å²) in [7, 11) is 0.500. The number of rotatable bonds is 0. The molecule has 0 aliphatic carbocycles. The predicted octanol–water partition coefficient (Wildman–Crippen LogP) is 1.68.